The molecular formula is C40H39F3N4O2S. The number of benzene rings is 3. The first kappa shape index (κ1) is 36.2. The van der Waals surface area contributed by atoms with E-state index in [-0.39, 0.29) is 18.9 Å². The third-order valence-electron chi connectivity index (χ3n) is 8.34. The lowest BCUT2D eigenvalue weighted by Gasteiger charge is -2.34. The molecule has 5 rings (SSSR count). The Morgan fingerprint density at radius 1 is 0.800 bits per heavy atom. The Bertz CT molecular complexity index is 1830. The van der Waals surface area contributed by atoms with Gasteiger partial charge in [0.2, 0.25) is 11.8 Å². The number of amides is 2. The molecule has 258 valence electrons. The second-order valence-electron chi connectivity index (χ2n) is 12.1. The van der Waals surface area contributed by atoms with Crippen LogP contribution >= 0.6 is 11.3 Å². The highest BCUT2D eigenvalue weighted by Gasteiger charge is 2.32. The van der Waals surface area contributed by atoms with E-state index in [4.69, 9.17) is 0 Å². The van der Waals surface area contributed by atoms with Gasteiger partial charge >= 0.3 is 6.18 Å². The normalized spacial score (nSPS) is 12.3. The van der Waals surface area contributed by atoms with Gasteiger partial charge in [0.05, 0.1) is 11.3 Å². The Morgan fingerprint density at radius 3 is 2.16 bits per heavy atom. The van der Waals surface area contributed by atoms with Crippen LogP contribution in [0.2, 0.25) is 0 Å². The van der Waals surface area contributed by atoms with Gasteiger partial charge in [-0.1, -0.05) is 78.9 Å². The van der Waals surface area contributed by atoms with Crippen LogP contribution in [0.15, 0.2) is 127 Å². The van der Waals surface area contributed by atoms with Gasteiger partial charge in [-0.2, -0.15) is 13.2 Å². The van der Waals surface area contributed by atoms with Crippen LogP contribution in [0.25, 0.3) is 17.3 Å². The minimum Gasteiger partial charge on any atom is -0.343 e. The summed E-state index contributed by atoms with van der Waals surface area (Å²) >= 11 is 1.68. The van der Waals surface area contributed by atoms with Crippen LogP contribution in [0.5, 0.6) is 0 Å². The zero-order valence-electron chi connectivity index (χ0n) is 28.0. The van der Waals surface area contributed by atoms with Gasteiger partial charge in [-0.05, 0) is 65.5 Å². The van der Waals surface area contributed by atoms with E-state index in [9.17, 15) is 22.8 Å². The fraction of sp³-hybridized carbons (Fsp3) is 0.225. The van der Waals surface area contributed by atoms with Gasteiger partial charge in [0.15, 0.2) is 0 Å². The third-order valence-corrected chi connectivity index (χ3v) is 9.20. The maximum absolute atomic E-state index is 14.3. The molecule has 1 atom stereocenters. The average molecular weight is 697 g/mol. The van der Waals surface area contributed by atoms with Crippen LogP contribution in [0.4, 0.5) is 13.2 Å². The predicted molar refractivity (Wildman–Crippen MR) is 193 cm³/mol. The molecule has 6 nitrogen and oxygen atoms in total. The van der Waals surface area contributed by atoms with Crippen LogP contribution in [-0.2, 0) is 35.3 Å². The van der Waals surface area contributed by atoms with Crippen molar-refractivity contribution >= 4 is 29.2 Å². The summed E-state index contributed by atoms with van der Waals surface area (Å²) in [6.45, 7) is 1.98. The smallest absolute Gasteiger partial charge is 0.343 e. The number of carbonyl (C=O) groups excluding carboxylic acids is 2. The largest absolute Gasteiger partial charge is 0.416 e. The zero-order chi connectivity index (χ0) is 35.5. The number of hydrogen-bond donors (Lipinski definition) is 0. The van der Waals surface area contributed by atoms with Gasteiger partial charge in [-0.15, -0.1) is 11.3 Å². The highest BCUT2D eigenvalue weighted by molar-refractivity contribution is 7.09. The summed E-state index contributed by atoms with van der Waals surface area (Å²) in [4.78, 5) is 39.5. The van der Waals surface area contributed by atoms with E-state index in [1.807, 2.05) is 91.3 Å². The van der Waals surface area contributed by atoms with Crippen LogP contribution in [0, 0.1) is 0 Å². The van der Waals surface area contributed by atoms with Crippen molar-refractivity contribution in [3.05, 3.63) is 154 Å². The Morgan fingerprint density at radius 2 is 1.52 bits per heavy atom. The molecule has 0 spiro atoms. The lowest BCUT2D eigenvalue weighted by molar-refractivity contribution is -0.143. The molecule has 0 N–H and O–H groups in total. The molecule has 10 heteroatoms. The van der Waals surface area contributed by atoms with Gasteiger partial charge in [0.25, 0.3) is 0 Å². The summed E-state index contributed by atoms with van der Waals surface area (Å²) in [5.41, 5.74) is 3.10. The van der Waals surface area contributed by atoms with E-state index < -0.39 is 23.7 Å². The van der Waals surface area contributed by atoms with Gasteiger partial charge in [-0.3, -0.25) is 19.5 Å². The number of hydrogen-bond acceptors (Lipinski definition) is 5. The lowest BCUT2D eigenvalue weighted by atomic mass is 10.0. The molecule has 3 aromatic carbocycles. The van der Waals surface area contributed by atoms with Crippen LogP contribution in [0.3, 0.4) is 0 Å². The summed E-state index contributed by atoms with van der Waals surface area (Å²) in [7, 11) is 3.76. The fourth-order valence-electron chi connectivity index (χ4n) is 5.50. The molecule has 0 fully saturated rings. The third kappa shape index (κ3) is 10.2. The van der Waals surface area contributed by atoms with Gasteiger partial charge in [-0.25, -0.2) is 0 Å². The van der Waals surface area contributed by atoms with Crippen LogP contribution in [0.1, 0.15) is 27.1 Å². The number of likely N-dealkylation sites (N-methyl/N-ethyl adjacent to an activating group) is 2. The molecule has 0 saturated carbocycles. The molecule has 0 radical (unpaired) electrons. The number of carbonyl (C=O) groups is 2. The first-order chi connectivity index (χ1) is 24.1. The fourth-order valence-corrected chi connectivity index (χ4v) is 6.28. The highest BCUT2D eigenvalue weighted by Crippen LogP contribution is 2.29. The summed E-state index contributed by atoms with van der Waals surface area (Å²) in [6, 6.07) is 30.8. The van der Waals surface area contributed by atoms with Crippen molar-refractivity contribution < 1.29 is 22.8 Å². The predicted octanol–water partition coefficient (Wildman–Crippen LogP) is 8.07. The summed E-state index contributed by atoms with van der Waals surface area (Å²) < 4.78 is 39.4. The zero-order valence-corrected chi connectivity index (χ0v) is 28.8. The van der Waals surface area contributed by atoms with Crippen molar-refractivity contribution in [2.75, 3.05) is 27.2 Å². The number of aromatic nitrogens is 1. The van der Waals surface area contributed by atoms with Crippen molar-refractivity contribution in [2.45, 2.75) is 31.7 Å². The van der Waals surface area contributed by atoms with E-state index in [1.165, 1.54) is 29.2 Å². The summed E-state index contributed by atoms with van der Waals surface area (Å²) in [5, 5.41) is 2.04. The first-order valence-electron chi connectivity index (χ1n) is 16.2. The average Bonchev–Trinajstić information content (AvgIpc) is 3.64. The minimum atomic E-state index is -4.46. The first-order valence-corrected chi connectivity index (χ1v) is 17.1. The van der Waals surface area contributed by atoms with Gasteiger partial charge < -0.3 is 9.80 Å². The van der Waals surface area contributed by atoms with Crippen molar-refractivity contribution in [3.8, 4) is 11.3 Å². The van der Waals surface area contributed by atoms with E-state index in [0.29, 0.717) is 18.7 Å². The molecule has 2 amide bonds. The summed E-state index contributed by atoms with van der Waals surface area (Å²) in [6.07, 6.45) is 0.346. The van der Waals surface area contributed by atoms with E-state index in [0.717, 1.165) is 41.1 Å². The standard InChI is InChI=1S/C40H39F3N4O2S/c1-45(29-35-11-8-26-50-35)24-25-46(2)39(49)37(27-31-9-4-3-5-10-31)47(28-32-13-18-33(19-14-32)36-12-6-7-23-44-36)38(48)22-17-30-15-20-34(21-16-30)40(41,42)43/h3-23,26,37H,24-25,27-29H2,1-2H3. The molecule has 0 saturated heterocycles. The number of rotatable bonds is 14. The van der Waals surface area contributed by atoms with Crippen LogP contribution in [-0.4, -0.2) is 64.7 Å². The SMILES string of the molecule is CN(CCN(C)C(=O)C(Cc1ccccc1)N(Cc1ccc(-c2ccccn2)cc1)C(=O)C=Cc1ccc(C(F)(F)F)cc1)Cc1cccs1. The quantitative estimate of drug-likeness (QED) is 0.110. The van der Waals surface area contributed by atoms with Crippen LogP contribution < -0.4 is 0 Å². The highest BCUT2D eigenvalue weighted by atomic mass is 32.1. The molecule has 2 aromatic heterocycles. The number of halogens is 3. The molecule has 0 bridgehead atoms. The maximum Gasteiger partial charge on any atom is 0.416 e. The molecule has 0 aliphatic heterocycles. The molecule has 0 aliphatic rings. The van der Waals surface area contributed by atoms with Crippen molar-refractivity contribution in [2.24, 2.45) is 0 Å². The molecule has 50 heavy (non-hydrogen) atoms. The second-order valence-corrected chi connectivity index (χ2v) is 13.1. The lowest BCUT2D eigenvalue weighted by Crippen LogP contribution is -2.51. The van der Waals surface area contributed by atoms with E-state index in [1.54, 1.807) is 34.4 Å². The molecule has 1 unspecified atom stereocenters. The number of pyridine rings is 1. The summed E-state index contributed by atoms with van der Waals surface area (Å²) in [5.74, 6) is -0.643. The van der Waals surface area contributed by atoms with Crippen molar-refractivity contribution in [1.29, 1.82) is 0 Å². The molecular weight excluding hydrogens is 658 g/mol. The molecule has 0 aliphatic carbocycles. The minimum absolute atomic E-state index is 0.133. The Kier molecular flexibility index (Phi) is 12.4. The number of nitrogens with zero attached hydrogens (tertiary/aromatic N) is 4. The molecule has 2 heterocycles. The van der Waals surface area contributed by atoms with E-state index in [2.05, 4.69) is 16.0 Å². The van der Waals surface area contributed by atoms with Crippen molar-refractivity contribution in [1.82, 2.24) is 19.7 Å². The number of alkyl halides is 3. The second kappa shape index (κ2) is 17.0. The molecule has 5 aromatic rings. The van der Waals surface area contributed by atoms with Crippen molar-refractivity contribution in [3.63, 3.8) is 0 Å². The van der Waals surface area contributed by atoms with Gasteiger partial charge in [0, 0.05) is 62.4 Å². The maximum atomic E-state index is 14.3. The topological polar surface area (TPSA) is 56.8 Å². The van der Waals surface area contributed by atoms with E-state index >= 15 is 0 Å². The monoisotopic (exact) mass is 696 g/mol. The Labute approximate surface area is 295 Å². The van der Waals surface area contributed by atoms with Gasteiger partial charge in [0.1, 0.15) is 6.04 Å². The Balaban J connectivity index is 1.43. The number of thiophene rings is 1. The Hall–Kier alpha value is -5.06.